The van der Waals surface area contributed by atoms with Crippen molar-refractivity contribution in [1.82, 2.24) is 5.32 Å². The highest BCUT2D eigenvalue weighted by molar-refractivity contribution is 7.80. The number of ether oxygens (including phenoxy) is 1. The Morgan fingerprint density at radius 2 is 2.07 bits per heavy atom. The van der Waals surface area contributed by atoms with E-state index in [-0.39, 0.29) is 0 Å². The second-order valence-electron chi connectivity index (χ2n) is 3.35. The van der Waals surface area contributed by atoms with E-state index in [1.54, 1.807) is 7.11 Å². The zero-order valence-electron chi connectivity index (χ0n) is 8.92. The highest BCUT2D eigenvalue weighted by atomic mass is 32.1. The second kappa shape index (κ2) is 5.27. The van der Waals surface area contributed by atoms with Gasteiger partial charge in [-0.05, 0) is 31.0 Å². The molecule has 0 amide bonds. The van der Waals surface area contributed by atoms with Crippen LogP contribution in [0.2, 0.25) is 0 Å². The van der Waals surface area contributed by atoms with Gasteiger partial charge in [0.25, 0.3) is 0 Å². The number of thiol groups is 1. The fraction of sp³-hybridized carbons (Fsp3) is 0.455. The molecule has 1 N–H and O–H groups in total. The maximum atomic E-state index is 5.34. The van der Waals surface area contributed by atoms with E-state index in [1.807, 2.05) is 0 Å². The summed E-state index contributed by atoms with van der Waals surface area (Å²) >= 11 is 4.12. The average molecular weight is 211 g/mol. The van der Waals surface area contributed by atoms with Gasteiger partial charge in [-0.15, -0.1) is 0 Å². The van der Waals surface area contributed by atoms with E-state index in [2.05, 4.69) is 43.9 Å². The molecule has 78 valence electrons. The molecule has 2 nitrogen and oxygen atoms in total. The van der Waals surface area contributed by atoms with E-state index in [0.717, 1.165) is 12.3 Å². The zero-order valence-corrected chi connectivity index (χ0v) is 9.82. The Labute approximate surface area is 91.1 Å². The summed E-state index contributed by atoms with van der Waals surface area (Å²) in [5.41, 5.74) is 3.71. The first kappa shape index (κ1) is 11.4. The minimum absolute atomic E-state index is 0.677. The van der Waals surface area contributed by atoms with Crippen molar-refractivity contribution in [2.45, 2.75) is 20.4 Å². The first-order valence-corrected chi connectivity index (χ1v) is 5.28. The number of rotatable bonds is 4. The maximum Gasteiger partial charge on any atom is 0.123 e. The predicted molar refractivity (Wildman–Crippen MR) is 63.2 cm³/mol. The minimum atomic E-state index is 0.677. The predicted octanol–water partition coefficient (Wildman–Crippen LogP) is 2.29. The summed E-state index contributed by atoms with van der Waals surface area (Å²) in [6.45, 7) is 4.98. The molecule has 0 radical (unpaired) electrons. The summed E-state index contributed by atoms with van der Waals surface area (Å²) in [5.74, 6) is 1.63. The molecule has 0 aliphatic heterocycles. The van der Waals surface area contributed by atoms with Gasteiger partial charge in [0, 0.05) is 18.0 Å². The van der Waals surface area contributed by atoms with Crippen LogP contribution in [0.25, 0.3) is 0 Å². The largest absolute Gasteiger partial charge is 0.496 e. The van der Waals surface area contributed by atoms with Crippen LogP contribution in [0.1, 0.15) is 16.7 Å². The van der Waals surface area contributed by atoms with Gasteiger partial charge in [0.05, 0.1) is 7.11 Å². The number of methoxy groups -OCH3 is 1. The van der Waals surface area contributed by atoms with Crippen molar-refractivity contribution in [2.24, 2.45) is 0 Å². The van der Waals surface area contributed by atoms with Gasteiger partial charge >= 0.3 is 0 Å². The Balaban J connectivity index is 2.99. The Kier molecular flexibility index (Phi) is 4.29. The molecule has 0 aromatic heterocycles. The molecule has 0 heterocycles. The van der Waals surface area contributed by atoms with E-state index in [1.165, 1.54) is 16.7 Å². The lowest BCUT2D eigenvalue weighted by Gasteiger charge is -2.12. The Hall–Kier alpha value is -0.670. The molecule has 0 spiro atoms. The van der Waals surface area contributed by atoms with Crippen LogP contribution in [-0.2, 0) is 6.54 Å². The van der Waals surface area contributed by atoms with Crippen LogP contribution in [-0.4, -0.2) is 13.0 Å². The van der Waals surface area contributed by atoms with E-state index in [0.29, 0.717) is 5.88 Å². The number of hydrogen-bond acceptors (Lipinski definition) is 3. The van der Waals surface area contributed by atoms with Crippen molar-refractivity contribution in [2.75, 3.05) is 13.0 Å². The normalized spacial score (nSPS) is 10.3. The summed E-state index contributed by atoms with van der Waals surface area (Å²) in [7, 11) is 1.71. The lowest BCUT2D eigenvalue weighted by molar-refractivity contribution is 0.407. The first-order chi connectivity index (χ1) is 6.69. The number of aryl methyl sites for hydroxylation is 2. The van der Waals surface area contributed by atoms with Gasteiger partial charge < -0.3 is 10.1 Å². The van der Waals surface area contributed by atoms with Crippen LogP contribution in [0.5, 0.6) is 5.75 Å². The van der Waals surface area contributed by atoms with Crippen molar-refractivity contribution in [3.8, 4) is 5.75 Å². The van der Waals surface area contributed by atoms with Crippen LogP contribution in [0.3, 0.4) is 0 Å². The molecule has 3 heteroatoms. The number of nitrogens with one attached hydrogen (secondary N) is 1. The highest BCUT2D eigenvalue weighted by Gasteiger charge is 2.06. The zero-order chi connectivity index (χ0) is 10.6. The van der Waals surface area contributed by atoms with Crippen molar-refractivity contribution in [3.05, 3.63) is 28.8 Å². The van der Waals surface area contributed by atoms with Crippen molar-refractivity contribution in [3.63, 3.8) is 0 Å². The summed E-state index contributed by atoms with van der Waals surface area (Å²) in [6.07, 6.45) is 0. The van der Waals surface area contributed by atoms with Crippen LogP contribution in [0.4, 0.5) is 0 Å². The topological polar surface area (TPSA) is 21.3 Å². The molecule has 14 heavy (non-hydrogen) atoms. The second-order valence-corrected chi connectivity index (χ2v) is 3.66. The third kappa shape index (κ3) is 2.66. The van der Waals surface area contributed by atoms with Crippen molar-refractivity contribution < 1.29 is 4.74 Å². The molecule has 0 saturated heterocycles. The van der Waals surface area contributed by atoms with Crippen molar-refractivity contribution >= 4 is 12.6 Å². The van der Waals surface area contributed by atoms with Crippen LogP contribution >= 0.6 is 12.6 Å². The van der Waals surface area contributed by atoms with Crippen LogP contribution in [0.15, 0.2) is 12.1 Å². The smallest absolute Gasteiger partial charge is 0.123 e. The molecule has 1 rings (SSSR count). The molecule has 0 aliphatic carbocycles. The van der Waals surface area contributed by atoms with Gasteiger partial charge in [0.2, 0.25) is 0 Å². The van der Waals surface area contributed by atoms with E-state index < -0.39 is 0 Å². The third-order valence-corrected chi connectivity index (χ3v) is 2.43. The fourth-order valence-corrected chi connectivity index (χ4v) is 1.66. The standard InChI is InChI=1S/C11H17NOS/c1-8-4-9(2)10(6-12-7-14)11(5-8)13-3/h4-5,12,14H,6-7H2,1-3H3. The Bertz CT molecular complexity index is 312. The summed E-state index contributed by atoms with van der Waals surface area (Å²) in [5, 5.41) is 3.18. The van der Waals surface area contributed by atoms with Gasteiger partial charge in [-0.1, -0.05) is 6.07 Å². The fourth-order valence-electron chi connectivity index (χ4n) is 1.55. The number of benzene rings is 1. The summed E-state index contributed by atoms with van der Waals surface area (Å²) in [4.78, 5) is 0. The van der Waals surface area contributed by atoms with Gasteiger partial charge in [0.1, 0.15) is 5.75 Å². The molecule has 0 fully saturated rings. The summed E-state index contributed by atoms with van der Waals surface area (Å²) < 4.78 is 5.34. The molecule has 0 atom stereocenters. The highest BCUT2D eigenvalue weighted by Crippen LogP contribution is 2.23. The molecule has 0 bridgehead atoms. The SMILES string of the molecule is COc1cc(C)cc(C)c1CNCS. The molecule has 0 aliphatic rings. The molecule has 0 saturated carbocycles. The van der Waals surface area contributed by atoms with Gasteiger partial charge in [-0.2, -0.15) is 12.6 Å². The quantitative estimate of drug-likeness (QED) is 0.589. The van der Waals surface area contributed by atoms with Gasteiger partial charge in [0.15, 0.2) is 0 Å². The third-order valence-electron chi connectivity index (χ3n) is 2.21. The van der Waals surface area contributed by atoms with Crippen molar-refractivity contribution in [1.29, 1.82) is 0 Å². The molecular weight excluding hydrogens is 194 g/mol. The molecule has 1 aromatic carbocycles. The van der Waals surface area contributed by atoms with E-state index in [9.17, 15) is 0 Å². The Morgan fingerprint density at radius 1 is 1.36 bits per heavy atom. The van der Waals surface area contributed by atoms with Gasteiger partial charge in [-0.3, -0.25) is 0 Å². The molecular formula is C11H17NOS. The summed E-state index contributed by atoms with van der Waals surface area (Å²) in [6, 6.07) is 4.22. The first-order valence-electron chi connectivity index (χ1n) is 4.64. The lowest BCUT2D eigenvalue weighted by atomic mass is 10.0. The average Bonchev–Trinajstić information content (AvgIpc) is 2.15. The van der Waals surface area contributed by atoms with E-state index in [4.69, 9.17) is 4.74 Å². The molecule has 0 unspecified atom stereocenters. The van der Waals surface area contributed by atoms with Crippen LogP contribution in [0, 0.1) is 13.8 Å². The van der Waals surface area contributed by atoms with E-state index >= 15 is 0 Å². The van der Waals surface area contributed by atoms with Gasteiger partial charge in [-0.25, -0.2) is 0 Å². The number of hydrogen-bond donors (Lipinski definition) is 2. The monoisotopic (exact) mass is 211 g/mol. The maximum absolute atomic E-state index is 5.34. The Morgan fingerprint density at radius 3 is 2.64 bits per heavy atom. The van der Waals surface area contributed by atoms with Crippen LogP contribution < -0.4 is 10.1 Å². The lowest BCUT2D eigenvalue weighted by Crippen LogP contribution is -2.12. The minimum Gasteiger partial charge on any atom is -0.496 e. The molecule has 1 aromatic rings.